The first-order valence-electron chi connectivity index (χ1n) is 8.70. The van der Waals surface area contributed by atoms with Crippen LogP contribution in [0.3, 0.4) is 0 Å². The molecule has 0 aromatic rings. The molecule has 0 amide bonds. The lowest BCUT2D eigenvalue weighted by molar-refractivity contribution is -0.161. The summed E-state index contributed by atoms with van der Waals surface area (Å²) in [5, 5.41) is 0. The van der Waals surface area contributed by atoms with Crippen LogP contribution in [-0.2, 0) is 14.3 Å². The second-order valence-corrected chi connectivity index (χ2v) is 5.76. The molecule has 0 heterocycles. The topological polar surface area (TPSA) is 35.5 Å². The van der Waals surface area contributed by atoms with E-state index in [0.717, 1.165) is 38.5 Å². The largest absolute Gasteiger partial charge is 0.464 e. The number of hydrogen-bond donors (Lipinski definition) is 0. The van der Waals surface area contributed by atoms with Gasteiger partial charge in [-0.2, -0.15) is 0 Å². The third kappa shape index (κ3) is 11.6. The highest BCUT2D eigenvalue weighted by Gasteiger charge is 2.22. The minimum Gasteiger partial charge on any atom is -0.464 e. The zero-order valence-corrected chi connectivity index (χ0v) is 14.4. The molecule has 0 rings (SSSR count). The van der Waals surface area contributed by atoms with Gasteiger partial charge in [-0.05, 0) is 32.6 Å². The smallest absolute Gasteiger partial charge is 0.335 e. The van der Waals surface area contributed by atoms with E-state index in [-0.39, 0.29) is 12.1 Å². The molecule has 22 heavy (non-hydrogen) atoms. The normalized spacial score (nSPS) is 13.4. The summed E-state index contributed by atoms with van der Waals surface area (Å²) in [6.07, 6.45) is 14.1. The molecule has 0 bridgehead atoms. The van der Waals surface area contributed by atoms with Crippen molar-refractivity contribution in [3.05, 3.63) is 6.92 Å². The molecule has 0 N–H and O–H groups in total. The second kappa shape index (κ2) is 14.9. The molecule has 1 radical (unpaired) electrons. The van der Waals surface area contributed by atoms with E-state index in [2.05, 4.69) is 19.8 Å². The summed E-state index contributed by atoms with van der Waals surface area (Å²) in [5.74, 6) is 2.36. The van der Waals surface area contributed by atoms with Gasteiger partial charge >= 0.3 is 5.97 Å². The minimum atomic E-state index is -0.487. The molecule has 0 aliphatic rings. The summed E-state index contributed by atoms with van der Waals surface area (Å²) in [4.78, 5) is 12.2. The molecular weight excluding hydrogens is 276 g/mol. The molecule has 0 aromatic carbocycles. The van der Waals surface area contributed by atoms with Crippen molar-refractivity contribution >= 4 is 5.97 Å². The predicted molar refractivity (Wildman–Crippen MR) is 91.3 cm³/mol. The second-order valence-electron chi connectivity index (χ2n) is 5.76. The van der Waals surface area contributed by atoms with E-state index in [1.165, 1.54) is 12.8 Å². The lowest BCUT2D eigenvalue weighted by Gasteiger charge is -2.21. The van der Waals surface area contributed by atoms with Crippen LogP contribution in [0.2, 0.25) is 0 Å². The van der Waals surface area contributed by atoms with Gasteiger partial charge in [0.05, 0.1) is 12.7 Å². The minimum absolute atomic E-state index is 0.0465. The van der Waals surface area contributed by atoms with Crippen LogP contribution in [0, 0.1) is 19.3 Å². The van der Waals surface area contributed by atoms with Crippen molar-refractivity contribution in [3.63, 3.8) is 0 Å². The summed E-state index contributed by atoms with van der Waals surface area (Å²) in [6, 6.07) is 0. The Hall–Kier alpha value is -1.01. The van der Waals surface area contributed by atoms with Crippen molar-refractivity contribution < 1.29 is 14.3 Å². The maximum Gasteiger partial charge on any atom is 0.335 e. The van der Waals surface area contributed by atoms with Crippen molar-refractivity contribution in [2.45, 2.75) is 90.3 Å². The van der Waals surface area contributed by atoms with Crippen LogP contribution in [0.15, 0.2) is 0 Å². The lowest BCUT2D eigenvalue weighted by atomic mass is 10.1. The molecule has 0 spiro atoms. The van der Waals surface area contributed by atoms with Crippen LogP contribution in [0.4, 0.5) is 0 Å². The predicted octanol–water partition coefficient (Wildman–Crippen LogP) is 4.69. The van der Waals surface area contributed by atoms with E-state index in [1.54, 1.807) is 0 Å². The van der Waals surface area contributed by atoms with E-state index in [4.69, 9.17) is 15.9 Å². The van der Waals surface area contributed by atoms with Gasteiger partial charge < -0.3 is 9.47 Å². The number of rotatable bonds is 14. The Labute approximate surface area is 137 Å². The number of carbonyl (C=O) groups excluding carboxylic acids is 1. The van der Waals surface area contributed by atoms with Gasteiger partial charge in [0.15, 0.2) is 6.10 Å². The lowest BCUT2D eigenvalue weighted by Crippen LogP contribution is -2.30. The van der Waals surface area contributed by atoms with Gasteiger partial charge in [-0.15, -0.1) is 12.3 Å². The summed E-state index contributed by atoms with van der Waals surface area (Å²) in [5.41, 5.74) is 0. The highest BCUT2D eigenvalue weighted by molar-refractivity contribution is 5.74. The molecule has 0 aliphatic heterocycles. The van der Waals surface area contributed by atoms with Crippen LogP contribution >= 0.6 is 0 Å². The highest BCUT2D eigenvalue weighted by atomic mass is 16.6. The van der Waals surface area contributed by atoms with Crippen LogP contribution in [0.5, 0.6) is 0 Å². The summed E-state index contributed by atoms with van der Waals surface area (Å²) in [7, 11) is 0. The first kappa shape index (κ1) is 21.0. The summed E-state index contributed by atoms with van der Waals surface area (Å²) >= 11 is 0. The zero-order valence-electron chi connectivity index (χ0n) is 14.4. The van der Waals surface area contributed by atoms with Gasteiger partial charge in [-0.3, -0.25) is 0 Å². The first-order chi connectivity index (χ1) is 10.7. The Kier molecular flexibility index (Phi) is 14.2. The van der Waals surface area contributed by atoms with Gasteiger partial charge in [-0.1, -0.05) is 46.0 Å². The zero-order chi connectivity index (χ0) is 16.6. The number of esters is 1. The number of hydrogen-bond acceptors (Lipinski definition) is 3. The molecule has 0 saturated carbocycles. The average Bonchev–Trinajstić information content (AvgIpc) is 2.51. The Morgan fingerprint density at radius 2 is 1.95 bits per heavy atom. The SMILES string of the molecule is C#CCCCC(OC(C)CCC[CH2])C(=O)OCCCCCC. The van der Waals surface area contributed by atoms with Crippen LogP contribution in [0.1, 0.15) is 78.1 Å². The van der Waals surface area contributed by atoms with E-state index < -0.39 is 6.10 Å². The van der Waals surface area contributed by atoms with E-state index in [1.807, 2.05) is 6.92 Å². The molecule has 3 heteroatoms. The van der Waals surface area contributed by atoms with Gasteiger partial charge in [0.25, 0.3) is 0 Å². The number of carbonyl (C=O) groups is 1. The van der Waals surface area contributed by atoms with Crippen LogP contribution in [-0.4, -0.2) is 24.8 Å². The molecule has 0 aromatic heterocycles. The Balaban J connectivity index is 4.18. The average molecular weight is 309 g/mol. The Morgan fingerprint density at radius 3 is 2.59 bits per heavy atom. The quantitative estimate of drug-likeness (QED) is 0.265. The van der Waals surface area contributed by atoms with E-state index in [9.17, 15) is 4.79 Å². The van der Waals surface area contributed by atoms with Gasteiger partial charge in [0, 0.05) is 6.42 Å². The maximum atomic E-state index is 12.2. The van der Waals surface area contributed by atoms with Crippen molar-refractivity contribution in [1.82, 2.24) is 0 Å². The van der Waals surface area contributed by atoms with E-state index >= 15 is 0 Å². The standard InChI is InChI=1S/C19H33O3/c1-5-8-11-13-16-21-19(20)18(15-12-9-6-2)22-17(4)14-10-7-3/h2,17-18H,3,5,7-16H2,1,4H3. The molecular formula is C19H33O3. The van der Waals surface area contributed by atoms with Crippen molar-refractivity contribution in [2.24, 2.45) is 0 Å². The molecule has 2 unspecified atom stereocenters. The molecule has 0 saturated heterocycles. The van der Waals surface area contributed by atoms with Crippen LogP contribution in [0.25, 0.3) is 0 Å². The summed E-state index contributed by atoms with van der Waals surface area (Å²) < 4.78 is 11.2. The van der Waals surface area contributed by atoms with Gasteiger partial charge in [0.1, 0.15) is 0 Å². The number of ether oxygens (including phenoxy) is 2. The molecule has 127 valence electrons. The fourth-order valence-electron chi connectivity index (χ4n) is 2.21. The highest BCUT2D eigenvalue weighted by Crippen LogP contribution is 2.14. The molecule has 0 fully saturated rings. The number of unbranched alkanes of at least 4 members (excludes halogenated alkanes) is 5. The van der Waals surface area contributed by atoms with Crippen LogP contribution < -0.4 is 0 Å². The first-order valence-corrected chi connectivity index (χ1v) is 8.70. The number of terminal acetylenes is 1. The third-order valence-corrected chi connectivity index (χ3v) is 3.55. The van der Waals surface area contributed by atoms with Crippen molar-refractivity contribution in [2.75, 3.05) is 6.61 Å². The fourth-order valence-corrected chi connectivity index (χ4v) is 2.21. The van der Waals surface area contributed by atoms with Gasteiger partial charge in [-0.25, -0.2) is 4.79 Å². The fraction of sp³-hybridized carbons (Fsp3) is 0.789. The monoisotopic (exact) mass is 309 g/mol. The van der Waals surface area contributed by atoms with Gasteiger partial charge in [0.2, 0.25) is 0 Å². The summed E-state index contributed by atoms with van der Waals surface area (Å²) in [6.45, 7) is 8.48. The maximum absolute atomic E-state index is 12.2. The van der Waals surface area contributed by atoms with E-state index in [0.29, 0.717) is 19.4 Å². The molecule has 2 atom stereocenters. The van der Waals surface area contributed by atoms with Crippen molar-refractivity contribution in [1.29, 1.82) is 0 Å². The Bertz CT molecular complexity index is 306. The van der Waals surface area contributed by atoms with Crippen molar-refractivity contribution in [3.8, 4) is 12.3 Å². The molecule has 3 nitrogen and oxygen atoms in total. The third-order valence-electron chi connectivity index (χ3n) is 3.55. The molecule has 0 aliphatic carbocycles. The Morgan fingerprint density at radius 1 is 1.18 bits per heavy atom.